The Bertz CT molecular complexity index is 514. The molecule has 1 aliphatic rings. The Balaban J connectivity index is 2.21. The average Bonchev–Trinajstić information content (AvgIpc) is 2.61. The number of anilines is 2. The Morgan fingerprint density at radius 3 is 2.68 bits per heavy atom. The molecule has 1 aromatic rings. The van der Waals surface area contributed by atoms with E-state index in [1.807, 2.05) is 0 Å². The van der Waals surface area contributed by atoms with Gasteiger partial charge in [-0.1, -0.05) is 13.8 Å². The minimum atomic E-state index is -0.500. The number of hydrogen-bond donors (Lipinski definition) is 3. The molecule has 104 valence electrons. The Morgan fingerprint density at radius 2 is 2.16 bits per heavy atom. The summed E-state index contributed by atoms with van der Waals surface area (Å²) in [6, 6.07) is 3.88. The van der Waals surface area contributed by atoms with E-state index in [4.69, 9.17) is 11.5 Å². The molecule has 19 heavy (non-hydrogen) atoms. The first kappa shape index (κ1) is 14.2. The molecule has 1 amide bonds. The number of carbonyl (C=O) groups excluding carboxylic acids is 1. The van der Waals surface area contributed by atoms with Gasteiger partial charge >= 0.3 is 0 Å². The molecule has 0 spiro atoms. The molecule has 1 atom stereocenters. The van der Waals surface area contributed by atoms with Crippen molar-refractivity contribution in [3.05, 3.63) is 22.2 Å². The zero-order chi connectivity index (χ0) is 14.2. The second-order valence-electron chi connectivity index (χ2n) is 6.03. The Kier molecular flexibility index (Phi) is 3.76. The third kappa shape index (κ3) is 3.21. The Hall–Kier alpha value is -1.23. The summed E-state index contributed by atoms with van der Waals surface area (Å²) in [5, 5.41) is 3.48. The summed E-state index contributed by atoms with van der Waals surface area (Å²) in [5.74, 6) is -0.500. The number of benzene rings is 1. The molecule has 0 heterocycles. The first-order valence-electron chi connectivity index (χ1n) is 6.44. The normalized spacial score (nSPS) is 21.3. The summed E-state index contributed by atoms with van der Waals surface area (Å²) in [7, 11) is 0. The Morgan fingerprint density at radius 1 is 1.47 bits per heavy atom. The van der Waals surface area contributed by atoms with Crippen LogP contribution in [0.5, 0.6) is 0 Å². The maximum Gasteiger partial charge on any atom is 0.250 e. The molecular weight excluding hydrogens is 306 g/mol. The van der Waals surface area contributed by atoms with Gasteiger partial charge in [-0.2, -0.15) is 0 Å². The molecule has 0 radical (unpaired) electrons. The number of rotatable bonds is 3. The number of carbonyl (C=O) groups is 1. The largest absolute Gasteiger partial charge is 0.398 e. The fourth-order valence-electron chi connectivity index (χ4n) is 2.69. The second kappa shape index (κ2) is 5.04. The predicted molar refractivity (Wildman–Crippen MR) is 82.1 cm³/mol. The van der Waals surface area contributed by atoms with E-state index in [1.54, 1.807) is 12.1 Å². The van der Waals surface area contributed by atoms with Crippen LogP contribution in [0.2, 0.25) is 0 Å². The lowest BCUT2D eigenvalue weighted by Crippen LogP contribution is -2.19. The topological polar surface area (TPSA) is 81.1 Å². The van der Waals surface area contributed by atoms with Crippen LogP contribution in [-0.2, 0) is 0 Å². The molecular formula is C14H20BrN3O. The van der Waals surface area contributed by atoms with E-state index in [2.05, 4.69) is 35.1 Å². The van der Waals surface area contributed by atoms with Crippen molar-refractivity contribution >= 4 is 33.2 Å². The van der Waals surface area contributed by atoms with Crippen LogP contribution in [0.4, 0.5) is 11.4 Å². The third-order valence-electron chi connectivity index (χ3n) is 3.73. The maximum atomic E-state index is 11.3. The highest BCUT2D eigenvalue weighted by molar-refractivity contribution is 9.10. The molecule has 0 aliphatic heterocycles. The molecule has 1 fully saturated rings. The van der Waals surface area contributed by atoms with Gasteiger partial charge in [0.2, 0.25) is 0 Å². The average molecular weight is 326 g/mol. The maximum absolute atomic E-state index is 11.3. The van der Waals surface area contributed by atoms with Crippen LogP contribution in [0.15, 0.2) is 16.6 Å². The van der Waals surface area contributed by atoms with Crippen molar-refractivity contribution in [2.24, 2.45) is 11.1 Å². The zero-order valence-corrected chi connectivity index (χ0v) is 12.9. The van der Waals surface area contributed by atoms with E-state index in [0.29, 0.717) is 22.7 Å². The molecule has 1 saturated carbocycles. The van der Waals surface area contributed by atoms with Crippen LogP contribution in [-0.4, -0.2) is 11.9 Å². The zero-order valence-electron chi connectivity index (χ0n) is 11.3. The molecule has 1 aromatic carbocycles. The van der Waals surface area contributed by atoms with E-state index in [9.17, 15) is 4.79 Å². The highest BCUT2D eigenvalue weighted by atomic mass is 79.9. The van der Waals surface area contributed by atoms with Gasteiger partial charge < -0.3 is 16.8 Å². The number of amides is 1. The van der Waals surface area contributed by atoms with Crippen molar-refractivity contribution in [2.75, 3.05) is 11.1 Å². The number of primary amides is 1. The lowest BCUT2D eigenvalue weighted by molar-refractivity contribution is 0.100. The molecule has 0 bridgehead atoms. The van der Waals surface area contributed by atoms with E-state index < -0.39 is 5.91 Å². The lowest BCUT2D eigenvalue weighted by atomic mass is 9.92. The van der Waals surface area contributed by atoms with Gasteiger partial charge in [-0.25, -0.2) is 0 Å². The predicted octanol–water partition coefficient (Wildman–Crippen LogP) is 3.12. The fraction of sp³-hybridized carbons (Fsp3) is 0.500. The van der Waals surface area contributed by atoms with Gasteiger partial charge in [-0.3, -0.25) is 4.79 Å². The summed E-state index contributed by atoms with van der Waals surface area (Å²) in [4.78, 5) is 11.3. The van der Waals surface area contributed by atoms with Gasteiger partial charge in [-0.15, -0.1) is 0 Å². The number of nitrogen functional groups attached to an aromatic ring is 1. The molecule has 5 N–H and O–H groups in total. The van der Waals surface area contributed by atoms with Crippen molar-refractivity contribution in [3.8, 4) is 0 Å². The minimum absolute atomic E-state index is 0.364. The summed E-state index contributed by atoms with van der Waals surface area (Å²) in [6.07, 6.45) is 3.46. The smallest absolute Gasteiger partial charge is 0.250 e. The van der Waals surface area contributed by atoms with Crippen LogP contribution in [0.3, 0.4) is 0 Å². The van der Waals surface area contributed by atoms with Crippen molar-refractivity contribution < 1.29 is 4.79 Å². The molecule has 4 nitrogen and oxygen atoms in total. The van der Waals surface area contributed by atoms with Gasteiger partial charge in [0, 0.05) is 21.9 Å². The quantitative estimate of drug-likeness (QED) is 0.747. The molecule has 1 aliphatic carbocycles. The van der Waals surface area contributed by atoms with Crippen LogP contribution in [0, 0.1) is 5.41 Å². The molecule has 0 saturated heterocycles. The van der Waals surface area contributed by atoms with Crippen molar-refractivity contribution in [3.63, 3.8) is 0 Å². The minimum Gasteiger partial charge on any atom is -0.398 e. The van der Waals surface area contributed by atoms with Gasteiger partial charge in [0.1, 0.15) is 0 Å². The number of nitrogens with one attached hydrogen (secondary N) is 1. The van der Waals surface area contributed by atoms with Gasteiger partial charge in [0.25, 0.3) is 5.91 Å². The fourth-order valence-corrected chi connectivity index (χ4v) is 3.17. The first-order chi connectivity index (χ1) is 8.78. The molecule has 5 heteroatoms. The van der Waals surface area contributed by atoms with Crippen LogP contribution >= 0.6 is 15.9 Å². The van der Waals surface area contributed by atoms with Crippen LogP contribution < -0.4 is 16.8 Å². The number of hydrogen-bond acceptors (Lipinski definition) is 3. The van der Waals surface area contributed by atoms with Crippen molar-refractivity contribution in [1.82, 2.24) is 0 Å². The van der Waals surface area contributed by atoms with Crippen LogP contribution in [0.25, 0.3) is 0 Å². The number of nitrogens with two attached hydrogens (primary N) is 2. The van der Waals surface area contributed by atoms with Crippen molar-refractivity contribution in [1.29, 1.82) is 0 Å². The molecule has 0 aromatic heterocycles. The number of halogens is 1. The lowest BCUT2D eigenvalue weighted by Gasteiger charge is -2.20. The van der Waals surface area contributed by atoms with Gasteiger partial charge in [0.05, 0.1) is 5.56 Å². The van der Waals surface area contributed by atoms with E-state index in [-0.39, 0.29) is 0 Å². The second-order valence-corrected chi connectivity index (χ2v) is 6.89. The van der Waals surface area contributed by atoms with E-state index in [0.717, 1.165) is 23.0 Å². The standard InChI is InChI=1S/C14H20BrN3O/c1-14(2)4-3-8(7-14)18-12-5-9(13(17)19)11(16)6-10(12)15/h5-6,8,18H,3-4,7,16H2,1-2H3,(H2,17,19). The summed E-state index contributed by atoms with van der Waals surface area (Å²) < 4.78 is 0.861. The summed E-state index contributed by atoms with van der Waals surface area (Å²) in [6.45, 7) is 4.56. The van der Waals surface area contributed by atoms with Gasteiger partial charge in [0.15, 0.2) is 0 Å². The summed E-state index contributed by atoms with van der Waals surface area (Å²) in [5.41, 5.74) is 13.1. The van der Waals surface area contributed by atoms with Crippen LogP contribution in [0.1, 0.15) is 43.5 Å². The first-order valence-corrected chi connectivity index (χ1v) is 7.23. The monoisotopic (exact) mass is 325 g/mol. The van der Waals surface area contributed by atoms with Crippen molar-refractivity contribution in [2.45, 2.75) is 39.2 Å². The molecule has 1 unspecified atom stereocenters. The highest BCUT2D eigenvalue weighted by Crippen LogP contribution is 2.39. The SMILES string of the molecule is CC1(C)CCC(Nc2cc(C(N)=O)c(N)cc2Br)C1. The third-order valence-corrected chi connectivity index (χ3v) is 4.39. The Labute approximate surface area is 122 Å². The van der Waals surface area contributed by atoms with Gasteiger partial charge in [-0.05, 0) is 52.7 Å². The highest BCUT2D eigenvalue weighted by Gasteiger charge is 2.31. The van der Waals surface area contributed by atoms with E-state index >= 15 is 0 Å². The summed E-state index contributed by atoms with van der Waals surface area (Å²) >= 11 is 3.47. The molecule has 2 rings (SSSR count). The van der Waals surface area contributed by atoms with E-state index in [1.165, 1.54) is 6.42 Å².